The first kappa shape index (κ1) is 16.1. The predicted molar refractivity (Wildman–Crippen MR) is 68.1 cm³/mol. The fourth-order valence-electron chi connectivity index (χ4n) is 0.777. The Morgan fingerprint density at radius 3 is 2.12 bits per heavy atom. The van der Waals surface area contributed by atoms with Crippen LogP contribution in [-0.2, 0) is 14.3 Å². The van der Waals surface area contributed by atoms with Gasteiger partial charge in [0.05, 0.1) is 5.41 Å². The number of carbonyl (C=O) groups is 2. The highest BCUT2D eigenvalue weighted by Gasteiger charge is 2.22. The molecule has 0 aliphatic heterocycles. The number of ether oxygens (including phenoxy) is 2. The summed E-state index contributed by atoms with van der Waals surface area (Å²) in [6, 6.07) is 0. The van der Waals surface area contributed by atoms with Gasteiger partial charge in [-0.15, -0.1) is 0 Å². The summed E-state index contributed by atoms with van der Waals surface area (Å²) < 4.78 is 9.87. The van der Waals surface area contributed by atoms with Gasteiger partial charge in [-0.1, -0.05) is 0 Å². The summed E-state index contributed by atoms with van der Waals surface area (Å²) >= 11 is 1.58. The van der Waals surface area contributed by atoms with Gasteiger partial charge in [0.25, 0.3) is 0 Å². The minimum absolute atomic E-state index is 0.195. The van der Waals surface area contributed by atoms with E-state index in [-0.39, 0.29) is 5.97 Å². The zero-order valence-electron chi connectivity index (χ0n) is 10.9. The average Bonchev–Trinajstić information content (AvgIpc) is 2.25. The molecule has 5 nitrogen and oxygen atoms in total. The van der Waals surface area contributed by atoms with E-state index in [2.05, 4.69) is 5.32 Å². The Morgan fingerprint density at radius 2 is 1.65 bits per heavy atom. The van der Waals surface area contributed by atoms with Crippen molar-refractivity contribution in [1.29, 1.82) is 0 Å². The van der Waals surface area contributed by atoms with Crippen molar-refractivity contribution in [1.82, 2.24) is 5.32 Å². The summed E-state index contributed by atoms with van der Waals surface area (Å²) in [7, 11) is 1.52. The van der Waals surface area contributed by atoms with Crippen LogP contribution >= 0.6 is 11.8 Å². The maximum atomic E-state index is 11.4. The van der Waals surface area contributed by atoms with Crippen molar-refractivity contribution in [3.63, 3.8) is 0 Å². The molecule has 0 saturated heterocycles. The molecule has 0 radical (unpaired) electrons. The fourth-order valence-corrected chi connectivity index (χ4v) is 1.38. The van der Waals surface area contributed by atoms with Crippen LogP contribution < -0.4 is 5.32 Å². The van der Waals surface area contributed by atoms with E-state index in [4.69, 9.17) is 9.47 Å². The number of hydrogen-bond acceptors (Lipinski definition) is 5. The molecule has 0 aromatic carbocycles. The first-order chi connectivity index (χ1) is 7.88. The van der Waals surface area contributed by atoms with E-state index in [0.717, 1.165) is 0 Å². The minimum atomic E-state index is -0.451. The van der Waals surface area contributed by atoms with Crippen LogP contribution in [0.15, 0.2) is 0 Å². The van der Waals surface area contributed by atoms with E-state index in [1.807, 2.05) is 20.8 Å². The Labute approximate surface area is 107 Å². The van der Waals surface area contributed by atoms with Crippen LogP contribution in [-0.4, -0.2) is 43.8 Å². The first-order valence-corrected chi connectivity index (χ1v) is 6.63. The number of esters is 1. The number of nitrogens with one attached hydrogen (secondary N) is 1. The summed E-state index contributed by atoms with van der Waals surface area (Å²) in [6.45, 7) is 6.21. The molecule has 0 atom stereocenters. The second kappa shape index (κ2) is 8.22. The number of hydrogen-bond donors (Lipinski definition) is 1. The monoisotopic (exact) mass is 263 g/mol. The van der Waals surface area contributed by atoms with Gasteiger partial charge in [0, 0.05) is 18.6 Å². The van der Waals surface area contributed by atoms with Crippen LogP contribution in [0, 0.1) is 5.41 Å². The third kappa shape index (κ3) is 8.85. The van der Waals surface area contributed by atoms with Crippen molar-refractivity contribution in [2.75, 3.05) is 31.8 Å². The van der Waals surface area contributed by atoms with Crippen molar-refractivity contribution < 1.29 is 19.1 Å². The first-order valence-electron chi connectivity index (χ1n) is 5.47. The lowest BCUT2D eigenvalue weighted by Crippen LogP contribution is -2.24. The number of rotatable bonds is 6. The maximum absolute atomic E-state index is 11.4. The molecule has 1 N–H and O–H groups in total. The quantitative estimate of drug-likeness (QED) is 0.583. The van der Waals surface area contributed by atoms with Gasteiger partial charge in [-0.05, 0) is 20.8 Å². The average molecular weight is 263 g/mol. The molecule has 0 aliphatic rings. The molecule has 0 unspecified atom stereocenters. The predicted octanol–water partition coefficient (Wildman–Crippen LogP) is 1.66. The third-order valence-corrected chi connectivity index (χ3v) is 2.65. The van der Waals surface area contributed by atoms with Gasteiger partial charge in [-0.2, -0.15) is 11.8 Å². The van der Waals surface area contributed by atoms with Gasteiger partial charge in [0.1, 0.15) is 13.2 Å². The summed E-state index contributed by atoms with van der Waals surface area (Å²) in [5.74, 6) is 1.21. The molecule has 0 aromatic heterocycles. The standard InChI is InChI=1S/C11H21NO4S/c1-11(2,3)9(13)15-5-7-17-8-6-16-10(14)12-4/h5-8H2,1-4H3,(H,12,14). The molecule has 0 spiro atoms. The second-order valence-corrected chi connectivity index (χ2v) is 5.61. The summed E-state index contributed by atoms with van der Waals surface area (Å²) in [6.07, 6.45) is -0.426. The largest absolute Gasteiger partial charge is 0.464 e. The van der Waals surface area contributed by atoms with Gasteiger partial charge in [0.2, 0.25) is 0 Å². The second-order valence-electron chi connectivity index (χ2n) is 4.38. The zero-order valence-corrected chi connectivity index (χ0v) is 11.7. The van der Waals surface area contributed by atoms with Gasteiger partial charge >= 0.3 is 12.1 Å². The Morgan fingerprint density at radius 1 is 1.12 bits per heavy atom. The molecule has 0 bridgehead atoms. The molecule has 17 heavy (non-hydrogen) atoms. The minimum Gasteiger partial charge on any atom is -0.464 e. The van der Waals surface area contributed by atoms with E-state index >= 15 is 0 Å². The SMILES string of the molecule is CNC(=O)OCCSCCOC(=O)C(C)(C)C. The molecule has 0 heterocycles. The van der Waals surface area contributed by atoms with Crippen molar-refractivity contribution in [3.05, 3.63) is 0 Å². The molecular weight excluding hydrogens is 242 g/mol. The topological polar surface area (TPSA) is 64.6 Å². The van der Waals surface area contributed by atoms with Crippen molar-refractivity contribution >= 4 is 23.8 Å². The van der Waals surface area contributed by atoms with Crippen LogP contribution in [0.1, 0.15) is 20.8 Å². The van der Waals surface area contributed by atoms with E-state index in [1.54, 1.807) is 11.8 Å². The van der Waals surface area contributed by atoms with Gasteiger partial charge in [-0.25, -0.2) is 4.79 Å². The van der Waals surface area contributed by atoms with E-state index in [9.17, 15) is 9.59 Å². The van der Waals surface area contributed by atoms with Gasteiger partial charge in [0.15, 0.2) is 0 Å². The normalized spacial score (nSPS) is 10.8. The van der Waals surface area contributed by atoms with Crippen LogP contribution in [0.2, 0.25) is 0 Å². The molecule has 1 amide bonds. The Hall–Kier alpha value is -0.910. The molecule has 0 aliphatic carbocycles. The number of carbonyl (C=O) groups excluding carboxylic acids is 2. The highest BCUT2D eigenvalue weighted by Crippen LogP contribution is 2.15. The van der Waals surface area contributed by atoms with E-state index in [1.165, 1.54) is 7.05 Å². The Kier molecular flexibility index (Phi) is 7.78. The number of alkyl carbamates (subject to hydrolysis) is 1. The maximum Gasteiger partial charge on any atom is 0.406 e. The summed E-state index contributed by atoms with van der Waals surface area (Å²) in [5, 5.41) is 2.36. The third-order valence-electron chi connectivity index (χ3n) is 1.74. The molecule has 0 aromatic rings. The van der Waals surface area contributed by atoms with Crippen LogP contribution in [0.25, 0.3) is 0 Å². The summed E-state index contributed by atoms with van der Waals surface area (Å²) in [5.41, 5.74) is -0.451. The Balaban J connectivity index is 3.36. The van der Waals surface area contributed by atoms with E-state index in [0.29, 0.717) is 24.7 Å². The van der Waals surface area contributed by atoms with E-state index < -0.39 is 11.5 Å². The van der Waals surface area contributed by atoms with Crippen molar-refractivity contribution in [2.24, 2.45) is 5.41 Å². The molecule has 100 valence electrons. The zero-order chi connectivity index (χ0) is 13.3. The lowest BCUT2D eigenvalue weighted by atomic mass is 9.97. The molecular formula is C11H21NO4S. The Bertz CT molecular complexity index is 250. The summed E-state index contributed by atoms with van der Waals surface area (Å²) in [4.78, 5) is 22.1. The van der Waals surface area contributed by atoms with Crippen LogP contribution in [0.3, 0.4) is 0 Å². The van der Waals surface area contributed by atoms with Gasteiger partial charge in [-0.3, -0.25) is 4.79 Å². The smallest absolute Gasteiger partial charge is 0.406 e. The lowest BCUT2D eigenvalue weighted by molar-refractivity contribution is -0.152. The number of amides is 1. The highest BCUT2D eigenvalue weighted by molar-refractivity contribution is 7.99. The van der Waals surface area contributed by atoms with Crippen LogP contribution in [0.5, 0.6) is 0 Å². The number of thioether (sulfide) groups is 1. The molecule has 6 heteroatoms. The van der Waals surface area contributed by atoms with Crippen molar-refractivity contribution in [3.8, 4) is 0 Å². The molecule has 0 fully saturated rings. The lowest BCUT2D eigenvalue weighted by Gasteiger charge is -2.16. The van der Waals surface area contributed by atoms with Crippen LogP contribution in [0.4, 0.5) is 4.79 Å². The molecule has 0 rings (SSSR count). The fraction of sp³-hybridized carbons (Fsp3) is 0.818. The van der Waals surface area contributed by atoms with Gasteiger partial charge < -0.3 is 14.8 Å². The molecule has 0 saturated carbocycles. The van der Waals surface area contributed by atoms with Crippen molar-refractivity contribution in [2.45, 2.75) is 20.8 Å². The highest BCUT2D eigenvalue weighted by atomic mass is 32.2.